The van der Waals surface area contributed by atoms with Crippen molar-refractivity contribution in [2.45, 2.75) is 20.3 Å². The van der Waals surface area contributed by atoms with Gasteiger partial charge in [-0.25, -0.2) is 14.1 Å². The van der Waals surface area contributed by atoms with E-state index >= 15 is 0 Å². The van der Waals surface area contributed by atoms with Crippen molar-refractivity contribution in [1.29, 1.82) is 0 Å². The molecule has 3 aromatic rings. The highest BCUT2D eigenvalue weighted by Gasteiger charge is 2.19. The molecule has 5 nitrogen and oxygen atoms in total. The molecule has 0 radical (unpaired) electrons. The second-order valence-electron chi connectivity index (χ2n) is 4.79. The summed E-state index contributed by atoms with van der Waals surface area (Å²) in [6.45, 7) is 3.75. The summed E-state index contributed by atoms with van der Waals surface area (Å²) in [5.74, 6) is 0.0815. The standard InChI is InChI=1S/C14H16FN5/c1-4-10-12-13(19(3)18-10)20(14(16)17-12)11-7-5-6-9(15)8(11)2/h5-7H,4H2,1-3H3,(H2,16,17). The van der Waals surface area contributed by atoms with Gasteiger partial charge in [-0.2, -0.15) is 5.10 Å². The minimum Gasteiger partial charge on any atom is -0.369 e. The fourth-order valence-electron chi connectivity index (χ4n) is 2.51. The minimum absolute atomic E-state index is 0.262. The van der Waals surface area contributed by atoms with Crippen LogP contribution in [0.25, 0.3) is 16.9 Å². The number of aromatic nitrogens is 4. The number of rotatable bonds is 2. The van der Waals surface area contributed by atoms with Gasteiger partial charge in [0.15, 0.2) is 5.65 Å². The smallest absolute Gasteiger partial charge is 0.207 e. The van der Waals surface area contributed by atoms with Crippen molar-refractivity contribution in [1.82, 2.24) is 19.3 Å². The highest BCUT2D eigenvalue weighted by Crippen LogP contribution is 2.27. The number of nitrogen functional groups attached to an aromatic ring is 1. The number of hydrogen-bond donors (Lipinski definition) is 1. The first-order valence-electron chi connectivity index (χ1n) is 6.49. The van der Waals surface area contributed by atoms with Crippen LogP contribution < -0.4 is 5.73 Å². The molecular formula is C14H16FN5. The molecule has 0 bridgehead atoms. The average Bonchev–Trinajstić information content (AvgIpc) is 2.90. The van der Waals surface area contributed by atoms with Gasteiger partial charge in [0.25, 0.3) is 0 Å². The summed E-state index contributed by atoms with van der Waals surface area (Å²) in [4.78, 5) is 4.39. The van der Waals surface area contributed by atoms with Crippen LogP contribution in [-0.4, -0.2) is 19.3 Å². The van der Waals surface area contributed by atoms with Crippen LogP contribution in [0.15, 0.2) is 18.2 Å². The Morgan fingerprint density at radius 3 is 2.80 bits per heavy atom. The van der Waals surface area contributed by atoms with Crippen molar-refractivity contribution in [2.75, 3.05) is 5.73 Å². The largest absolute Gasteiger partial charge is 0.369 e. The predicted molar refractivity (Wildman–Crippen MR) is 76.3 cm³/mol. The topological polar surface area (TPSA) is 61.7 Å². The Labute approximate surface area is 115 Å². The van der Waals surface area contributed by atoms with Crippen molar-refractivity contribution in [3.05, 3.63) is 35.3 Å². The summed E-state index contributed by atoms with van der Waals surface area (Å²) >= 11 is 0. The third-order valence-electron chi connectivity index (χ3n) is 3.54. The van der Waals surface area contributed by atoms with Crippen LogP contribution in [-0.2, 0) is 13.5 Å². The van der Waals surface area contributed by atoms with Gasteiger partial charge in [-0.3, -0.25) is 4.57 Å². The molecule has 20 heavy (non-hydrogen) atoms. The van der Waals surface area contributed by atoms with Gasteiger partial charge in [0.05, 0.1) is 11.4 Å². The van der Waals surface area contributed by atoms with Crippen molar-refractivity contribution in [3.8, 4) is 5.69 Å². The maximum absolute atomic E-state index is 13.8. The number of fused-ring (bicyclic) bond motifs is 1. The highest BCUT2D eigenvalue weighted by atomic mass is 19.1. The molecule has 0 fully saturated rings. The maximum atomic E-state index is 13.8. The molecule has 0 saturated carbocycles. The van der Waals surface area contributed by atoms with E-state index in [1.165, 1.54) is 6.07 Å². The van der Waals surface area contributed by atoms with Crippen molar-refractivity contribution in [2.24, 2.45) is 7.05 Å². The molecule has 0 saturated heterocycles. The van der Waals surface area contributed by atoms with E-state index in [0.717, 1.165) is 23.3 Å². The third-order valence-corrected chi connectivity index (χ3v) is 3.54. The first kappa shape index (κ1) is 12.7. The van der Waals surface area contributed by atoms with Crippen molar-refractivity contribution in [3.63, 3.8) is 0 Å². The number of halogens is 1. The summed E-state index contributed by atoms with van der Waals surface area (Å²) in [5, 5.41) is 4.43. The monoisotopic (exact) mass is 273 g/mol. The van der Waals surface area contributed by atoms with E-state index in [1.54, 1.807) is 22.2 Å². The number of benzene rings is 1. The summed E-state index contributed by atoms with van der Waals surface area (Å²) in [6.07, 6.45) is 0.774. The van der Waals surface area contributed by atoms with E-state index in [9.17, 15) is 4.39 Å². The fraction of sp³-hybridized carbons (Fsp3) is 0.286. The zero-order valence-electron chi connectivity index (χ0n) is 11.7. The van der Waals surface area contributed by atoms with Crippen LogP contribution in [0.1, 0.15) is 18.2 Å². The lowest BCUT2D eigenvalue weighted by molar-refractivity contribution is 0.617. The number of imidazole rings is 1. The van der Waals surface area contributed by atoms with Crippen LogP contribution in [0.2, 0.25) is 0 Å². The molecule has 2 N–H and O–H groups in total. The minimum atomic E-state index is -0.262. The second kappa shape index (κ2) is 4.33. The predicted octanol–water partition coefficient (Wildman–Crippen LogP) is 2.35. The van der Waals surface area contributed by atoms with Gasteiger partial charge in [0, 0.05) is 12.6 Å². The maximum Gasteiger partial charge on any atom is 0.207 e. The Kier molecular flexibility index (Phi) is 2.74. The van der Waals surface area contributed by atoms with Gasteiger partial charge >= 0.3 is 0 Å². The number of nitrogens with two attached hydrogens (primary N) is 1. The van der Waals surface area contributed by atoms with E-state index in [4.69, 9.17) is 5.73 Å². The highest BCUT2D eigenvalue weighted by molar-refractivity contribution is 5.80. The number of nitrogens with zero attached hydrogens (tertiary/aromatic N) is 4. The van der Waals surface area contributed by atoms with Crippen LogP contribution in [0, 0.1) is 12.7 Å². The summed E-state index contributed by atoms with van der Waals surface area (Å²) < 4.78 is 17.3. The first-order chi connectivity index (χ1) is 9.54. The Bertz CT molecular complexity index is 800. The lowest BCUT2D eigenvalue weighted by atomic mass is 10.2. The van der Waals surface area contributed by atoms with Crippen LogP contribution in [0.5, 0.6) is 0 Å². The number of hydrogen-bond acceptors (Lipinski definition) is 3. The molecule has 2 heterocycles. The average molecular weight is 273 g/mol. The zero-order valence-corrected chi connectivity index (χ0v) is 11.7. The molecule has 104 valence electrons. The van der Waals surface area contributed by atoms with Gasteiger partial charge < -0.3 is 5.73 Å². The molecule has 0 unspecified atom stereocenters. The lowest BCUT2D eigenvalue weighted by Crippen LogP contribution is -2.07. The molecule has 0 spiro atoms. The summed E-state index contributed by atoms with van der Waals surface area (Å²) in [5.41, 5.74) is 9.71. The Hall–Kier alpha value is -2.37. The molecule has 0 atom stereocenters. The zero-order chi connectivity index (χ0) is 14.4. The van der Waals surface area contributed by atoms with Crippen LogP contribution in [0.3, 0.4) is 0 Å². The van der Waals surface area contributed by atoms with E-state index in [2.05, 4.69) is 10.1 Å². The molecule has 0 amide bonds. The molecule has 0 aliphatic heterocycles. The van der Waals surface area contributed by atoms with Crippen molar-refractivity contribution < 1.29 is 4.39 Å². The SMILES string of the molecule is CCc1nn(C)c2c1nc(N)n2-c1cccc(F)c1C. The molecule has 0 aliphatic rings. The summed E-state index contributed by atoms with van der Waals surface area (Å²) in [7, 11) is 1.84. The van der Waals surface area contributed by atoms with Crippen LogP contribution >= 0.6 is 0 Å². The van der Waals surface area contributed by atoms with E-state index < -0.39 is 0 Å². The number of aryl methyl sites for hydroxylation is 2. The Morgan fingerprint density at radius 1 is 1.35 bits per heavy atom. The van der Waals surface area contributed by atoms with Gasteiger partial charge in [-0.1, -0.05) is 13.0 Å². The molecule has 0 aliphatic carbocycles. The van der Waals surface area contributed by atoms with Gasteiger partial charge in [-0.05, 0) is 25.5 Å². The molecular weight excluding hydrogens is 257 g/mol. The second-order valence-corrected chi connectivity index (χ2v) is 4.79. The van der Waals surface area contributed by atoms with Crippen LogP contribution in [0.4, 0.5) is 10.3 Å². The van der Waals surface area contributed by atoms with Gasteiger partial charge in [-0.15, -0.1) is 0 Å². The lowest BCUT2D eigenvalue weighted by Gasteiger charge is -2.10. The Balaban J connectivity index is 2.39. The quantitative estimate of drug-likeness (QED) is 0.779. The fourth-order valence-corrected chi connectivity index (χ4v) is 2.51. The van der Waals surface area contributed by atoms with E-state index in [0.29, 0.717) is 17.2 Å². The molecule has 6 heteroatoms. The first-order valence-corrected chi connectivity index (χ1v) is 6.49. The van der Waals surface area contributed by atoms with Gasteiger partial charge in [0.2, 0.25) is 5.95 Å². The van der Waals surface area contributed by atoms with E-state index in [-0.39, 0.29) is 5.82 Å². The molecule has 1 aromatic carbocycles. The van der Waals surface area contributed by atoms with Gasteiger partial charge in [0.1, 0.15) is 11.3 Å². The van der Waals surface area contributed by atoms with Crippen molar-refractivity contribution >= 4 is 17.1 Å². The molecule has 3 rings (SSSR count). The number of anilines is 1. The summed E-state index contributed by atoms with van der Waals surface area (Å²) in [6, 6.07) is 4.93. The Morgan fingerprint density at radius 2 is 2.10 bits per heavy atom. The third kappa shape index (κ3) is 1.61. The van der Waals surface area contributed by atoms with E-state index in [1.807, 2.05) is 20.0 Å². The molecule has 2 aromatic heterocycles. The normalized spacial score (nSPS) is 11.4.